The fourth-order valence-corrected chi connectivity index (χ4v) is 4.57. The lowest BCUT2D eigenvalue weighted by molar-refractivity contribution is 0.0728. The average molecular weight is 410 g/mol. The van der Waals surface area contributed by atoms with Gasteiger partial charge in [0.25, 0.3) is 11.5 Å². The van der Waals surface area contributed by atoms with E-state index in [4.69, 9.17) is 14.5 Å². The largest absolute Gasteiger partial charge is 0.454 e. The number of likely N-dealkylation sites (tertiary alicyclic amines) is 1. The van der Waals surface area contributed by atoms with E-state index in [0.717, 1.165) is 30.6 Å². The maximum Gasteiger partial charge on any atom is 0.254 e. The lowest BCUT2D eigenvalue weighted by Crippen LogP contribution is -2.40. The van der Waals surface area contributed by atoms with Crippen LogP contribution in [0.3, 0.4) is 0 Å². The van der Waals surface area contributed by atoms with Crippen LogP contribution in [0.5, 0.6) is 11.5 Å². The Labute approximate surface area is 174 Å². The van der Waals surface area contributed by atoms with Crippen molar-refractivity contribution < 1.29 is 14.3 Å². The van der Waals surface area contributed by atoms with Gasteiger partial charge in [-0.3, -0.25) is 14.5 Å². The first kappa shape index (κ1) is 19.1. The molecule has 2 aromatic rings. The Balaban J connectivity index is 1.44. The fraction of sp³-hybridized carbons (Fsp3) is 0.500. The third kappa shape index (κ3) is 3.25. The summed E-state index contributed by atoms with van der Waals surface area (Å²) in [5.41, 5.74) is 2.11. The molecule has 1 saturated heterocycles. The Kier molecular flexibility index (Phi) is 4.73. The maximum absolute atomic E-state index is 13.2. The molecule has 5 rings (SSSR count). The third-order valence-electron chi connectivity index (χ3n) is 6.30. The van der Waals surface area contributed by atoms with Crippen LogP contribution in [0.2, 0.25) is 0 Å². The molecule has 158 valence electrons. The number of carbonyl (C=O) groups excluding carboxylic acids is 1. The number of benzene rings is 1. The highest BCUT2D eigenvalue weighted by Crippen LogP contribution is 2.35. The Morgan fingerprint density at radius 3 is 2.90 bits per heavy atom. The molecular weight excluding hydrogens is 384 g/mol. The van der Waals surface area contributed by atoms with Gasteiger partial charge < -0.3 is 19.4 Å². The molecule has 0 bridgehead atoms. The second-order valence-corrected chi connectivity index (χ2v) is 8.42. The molecule has 1 unspecified atom stereocenters. The summed E-state index contributed by atoms with van der Waals surface area (Å²) >= 11 is 0. The Morgan fingerprint density at radius 1 is 1.23 bits per heavy atom. The van der Waals surface area contributed by atoms with Crippen molar-refractivity contribution in [3.63, 3.8) is 0 Å². The molecule has 0 saturated carbocycles. The van der Waals surface area contributed by atoms with Crippen molar-refractivity contribution in [3.05, 3.63) is 51.2 Å². The van der Waals surface area contributed by atoms with Crippen LogP contribution in [0.15, 0.2) is 23.0 Å². The van der Waals surface area contributed by atoms with Crippen molar-refractivity contribution in [1.82, 2.24) is 19.8 Å². The normalized spacial score (nSPS) is 20.6. The molecule has 1 N–H and O–H groups in total. The molecule has 1 aromatic heterocycles. The second kappa shape index (κ2) is 7.43. The first-order valence-corrected chi connectivity index (χ1v) is 10.6. The second-order valence-electron chi connectivity index (χ2n) is 8.42. The summed E-state index contributed by atoms with van der Waals surface area (Å²) in [7, 11) is 0. The van der Waals surface area contributed by atoms with Crippen molar-refractivity contribution in [2.45, 2.75) is 51.7 Å². The topological polar surface area (TPSA) is 87.8 Å². The van der Waals surface area contributed by atoms with Crippen molar-refractivity contribution >= 4 is 5.91 Å². The molecule has 0 aliphatic carbocycles. The van der Waals surface area contributed by atoms with Gasteiger partial charge in [-0.1, -0.05) is 0 Å². The van der Waals surface area contributed by atoms with Gasteiger partial charge in [-0.25, -0.2) is 4.98 Å². The van der Waals surface area contributed by atoms with Gasteiger partial charge in [-0.15, -0.1) is 0 Å². The van der Waals surface area contributed by atoms with Gasteiger partial charge in [0, 0.05) is 36.8 Å². The Bertz CT molecular complexity index is 1050. The highest BCUT2D eigenvalue weighted by Gasteiger charge is 2.34. The minimum Gasteiger partial charge on any atom is -0.454 e. The number of carbonyl (C=O) groups is 1. The number of ether oxygens (including phenoxy) is 2. The average Bonchev–Trinajstić information content (AvgIpc) is 3.41. The molecule has 30 heavy (non-hydrogen) atoms. The van der Waals surface area contributed by atoms with Crippen molar-refractivity contribution in [2.75, 3.05) is 19.9 Å². The van der Waals surface area contributed by atoms with Gasteiger partial charge >= 0.3 is 0 Å². The van der Waals surface area contributed by atoms with Gasteiger partial charge in [0.15, 0.2) is 11.5 Å². The number of hydrogen-bond donors (Lipinski definition) is 1. The fourth-order valence-electron chi connectivity index (χ4n) is 4.57. The predicted octanol–water partition coefficient (Wildman–Crippen LogP) is 2.24. The van der Waals surface area contributed by atoms with Crippen LogP contribution in [-0.4, -0.2) is 51.6 Å². The lowest BCUT2D eigenvalue weighted by Gasteiger charge is -2.31. The highest BCUT2D eigenvalue weighted by atomic mass is 16.7. The number of nitrogens with zero attached hydrogens (tertiary/aromatic N) is 3. The quantitative estimate of drug-likeness (QED) is 0.835. The monoisotopic (exact) mass is 410 g/mol. The highest BCUT2D eigenvalue weighted by molar-refractivity contribution is 5.95. The van der Waals surface area contributed by atoms with E-state index in [9.17, 15) is 9.59 Å². The van der Waals surface area contributed by atoms with E-state index in [-0.39, 0.29) is 24.3 Å². The van der Waals surface area contributed by atoms with Crippen molar-refractivity contribution in [3.8, 4) is 11.5 Å². The molecule has 4 heterocycles. The number of fused-ring (bicyclic) bond motifs is 2. The standard InChI is InChI=1S/C22H26N4O4/c1-13(2)25-9-7-15-16(11-25)23-20(24-21(15)27)17-4-3-8-26(17)22(28)14-5-6-18-19(10-14)30-12-29-18/h5-6,10,13,17H,3-4,7-9,11-12H2,1-2H3,(H,23,24,27). The molecule has 1 amide bonds. The first-order chi connectivity index (χ1) is 14.5. The smallest absolute Gasteiger partial charge is 0.254 e. The molecule has 1 fully saturated rings. The van der Waals surface area contributed by atoms with Gasteiger partial charge in [-0.2, -0.15) is 0 Å². The number of rotatable bonds is 3. The summed E-state index contributed by atoms with van der Waals surface area (Å²) in [6.45, 7) is 6.66. The summed E-state index contributed by atoms with van der Waals surface area (Å²) in [5, 5.41) is 0. The van der Waals surface area contributed by atoms with Gasteiger partial charge in [0.2, 0.25) is 6.79 Å². The molecule has 1 atom stereocenters. The van der Waals surface area contributed by atoms with E-state index in [0.29, 0.717) is 48.4 Å². The van der Waals surface area contributed by atoms with Crippen LogP contribution in [0.4, 0.5) is 0 Å². The Morgan fingerprint density at radius 2 is 2.07 bits per heavy atom. The molecule has 8 heteroatoms. The van der Waals surface area contributed by atoms with E-state index in [1.165, 1.54) is 0 Å². The van der Waals surface area contributed by atoms with Crippen LogP contribution < -0.4 is 15.0 Å². The summed E-state index contributed by atoms with van der Waals surface area (Å²) in [6, 6.07) is 5.42. The third-order valence-corrected chi connectivity index (χ3v) is 6.30. The maximum atomic E-state index is 13.2. The van der Waals surface area contributed by atoms with E-state index < -0.39 is 0 Å². The van der Waals surface area contributed by atoms with E-state index in [1.54, 1.807) is 18.2 Å². The van der Waals surface area contributed by atoms with Crippen molar-refractivity contribution in [1.29, 1.82) is 0 Å². The molecule has 0 spiro atoms. The molecular formula is C22H26N4O4. The van der Waals surface area contributed by atoms with Crippen molar-refractivity contribution in [2.24, 2.45) is 0 Å². The Hall–Kier alpha value is -2.87. The number of aromatic nitrogens is 2. The number of amides is 1. The van der Waals surface area contributed by atoms with Crippen LogP contribution >= 0.6 is 0 Å². The zero-order valence-electron chi connectivity index (χ0n) is 17.3. The molecule has 3 aliphatic heterocycles. The minimum atomic E-state index is -0.227. The summed E-state index contributed by atoms with van der Waals surface area (Å²) in [4.78, 5) is 37.9. The lowest BCUT2D eigenvalue weighted by atomic mass is 10.0. The number of nitrogens with one attached hydrogen (secondary N) is 1. The van der Waals surface area contributed by atoms with Crippen LogP contribution in [0, 0.1) is 0 Å². The number of hydrogen-bond acceptors (Lipinski definition) is 6. The minimum absolute atomic E-state index is 0.0687. The number of H-pyrrole nitrogens is 1. The van der Waals surface area contributed by atoms with Gasteiger partial charge in [0.1, 0.15) is 5.82 Å². The zero-order valence-corrected chi connectivity index (χ0v) is 17.3. The summed E-state index contributed by atoms with van der Waals surface area (Å²) in [5.74, 6) is 1.75. The van der Waals surface area contributed by atoms with Gasteiger partial charge in [0.05, 0.1) is 11.7 Å². The van der Waals surface area contributed by atoms with Crippen LogP contribution in [-0.2, 0) is 13.0 Å². The van der Waals surface area contributed by atoms with Gasteiger partial charge in [-0.05, 0) is 51.3 Å². The first-order valence-electron chi connectivity index (χ1n) is 10.6. The van der Waals surface area contributed by atoms with E-state index in [2.05, 4.69) is 23.7 Å². The summed E-state index contributed by atoms with van der Waals surface area (Å²) in [6.07, 6.45) is 2.37. The molecule has 1 aromatic carbocycles. The predicted molar refractivity (Wildman–Crippen MR) is 110 cm³/mol. The van der Waals surface area contributed by atoms with Crippen LogP contribution in [0.25, 0.3) is 0 Å². The zero-order chi connectivity index (χ0) is 20.8. The summed E-state index contributed by atoms with van der Waals surface area (Å²) < 4.78 is 10.8. The molecule has 8 nitrogen and oxygen atoms in total. The molecule has 3 aliphatic rings. The number of aromatic amines is 1. The SMILES string of the molecule is CC(C)N1CCc2c(nc(C3CCCN3C(=O)c3ccc4c(c3)OCO4)[nH]c2=O)C1. The molecule has 0 radical (unpaired) electrons. The van der Waals surface area contributed by atoms with E-state index in [1.807, 2.05) is 4.90 Å². The van der Waals surface area contributed by atoms with E-state index >= 15 is 0 Å². The van der Waals surface area contributed by atoms with Crippen LogP contribution in [0.1, 0.15) is 60.2 Å².